The van der Waals surface area contributed by atoms with Crippen molar-refractivity contribution < 1.29 is 9.21 Å². The van der Waals surface area contributed by atoms with Gasteiger partial charge in [-0.3, -0.25) is 4.79 Å². The van der Waals surface area contributed by atoms with E-state index < -0.39 is 0 Å². The van der Waals surface area contributed by atoms with Crippen molar-refractivity contribution in [2.45, 2.75) is 20.3 Å². The Morgan fingerprint density at radius 3 is 2.65 bits per heavy atom. The summed E-state index contributed by atoms with van der Waals surface area (Å²) < 4.78 is 5.72. The second kappa shape index (κ2) is 7.31. The highest BCUT2D eigenvalue weighted by atomic mass is 35.5. The van der Waals surface area contributed by atoms with Crippen LogP contribution in [0.25, 0.3) is 11.0 Å². The molecular weight excluding hydrogens is 276 g/mol. The van der Waals surface area contributed by atoms with E-state index >= 15 is 0 Å². The van der Waals surface area contributed by atoms with E-state index in [2.05, 4.69) is 10.6 Å². The molecule has 0 bridgehead atoms. The van der Waals surface area contributed by atoms with Gasteiger partial charge in [-0.25, -0.2) is 0 Å². The average Bonchev–Trinajstić information content (AvgIpc) is 2.74. The monoisotopic (exact) mass is 296 g/mol. The smallest absolute Gasteiger partial charge is 0.287 e. The number of fused-ring (bicyclic) bond motifs is 1. The quantitative estimate of drug-likeness (QED) is 0.834. The fourth-order valence-electron chi connectivity index (χ4n) is 2.15. The van der Waals surface area contributed by atoms with Gasteiger partial charge in [0.1, 0.15) is 5.58 Å². The van der Waals surface area contributed by atoms with Crippen molar-refractivity contribution >= 4 is 29.3 Å². The summed E-state index contributed by atoms with van der Waals surface area (Å²) in [6.07, 6.45) is 0.903. The van der Waals surface area contributed by atoms with Crippen molar-refractivity contribution in [1.29, 1.82) is 0 Å². The Labute approximate surface area is 125 Å². The Morgan fingerprint density at radius 1 is 1.25 bits per heavy atom. The Bertz CT molecular complexity index is 593. The van der Waals surface area contributed by atoms with Crippen LogP contribution in [-0.2, 0) is 0 Å². The predicted octanol–water partition coefficient (Wildman–Crippen LogP) is 2.81. The van der Waals surface area contributed by atoms with Crippen molar-refractivity contribution in [3.8, 4) is 0 Å². The number of aryl methyl sites for hydroxylation is 2. The average molecular weight is 297 g/mol. The third kappa shape index (κ3) is 3.32. The Kier molecular flexibility index (Phi) is 6.05. The number of para-hydroxylation sites is 1. The van der Waals surface area contributed by atoms with Crippen molar-refractivity contribution in [1.82, 2.24) is 10.6 Å². The molecule has 2 N–H and O–H groups in total. The molecule has 110 valence electrons. The van der Waals surface area contributed by atoms with Crippen LogP contribution >= 0.6 is 12.4 Å². The van der Waals surface area contributed by atoms with Crippen LogP contribution in [0.3, 0.4) is 0 Å². The third-order valence-electron chi connectivity index (χ3n) is 3.26. The summed E-state index contributed by atoms with van der Waals surface area (Å²) in [5.41, 5.74) is 2.76. The molecule has 1 heterocycles. The van der Waals surface area contributed by atoms with E-state index in [1.165, 1.54) is 0 Å². The molecule has 1 aromatic heterocycles. The molecule has 0 aliphatic rings. The molecule has 20 heavy (non-hydrogen) atoms. The van der Waals surface area contributed by atoms with Gasteiger partial charge in [-0.2, -0.15) is 0 Å². The Morgan fingerprint density at radius 2 is 2.00 bits per heavy atom. The molecule has 2 rings (SSSR count). The van der Waals surface area contributed by atoms with E-state index in [1.54, 1.807) is 0 Å². The summed E-state index contributed by atoms with van der Waals surface area (Å²) in [7, 11) is 1.90. The highest BCUT2D eigenvalue weighted by molar-refractivity contribution is 5.99. The predicted molar refractivity (Wildman–Crippen MR) is 83.8 cm³/mol. The number of hydrogen-bond acceptors (Lipinski definition) is 3. The summed E-state index contributed by atoms with van der Waals surface area (Å²) in [6.45, 7) is 5.45. The van der Waals surface area contributed by atoms with Crippen LogP contribution in [0.5, 0.6) is 0 Å². The lowest BCUT2D eigenvalue weighted by Crippen LogP contribution is -2.26. The second-order valence-electron chi connectivity index (χ2n) is 4.72. The summed E-state index contributed by atoms with van der Waals surface area (Å²) >= 11 is 0. The van der Waals surface area contributed by atoms with Gasteiger partial charge in [0.25, 0.3) is 5.91 Å². The molecule has 5 heteroatoms. The van der Waals surface area contributed by atoms with Gasteiger partial charge < -0.3 is 15.1 Å². The van der Waals surface area contributed by atoms with E-state index in [9.17, 15) is 4.79 Å². The Balaban J connectivity index is 0.00000200. The number of nitrogens with one attached hydrogen (secondary N) is 2. The van der Waals surface area contributed by atoms with Gasteiger partial charge in [-0.05, 0) is 39.4 Å². The lowest BCUT2D eigenvalue weighted by molar-refractivity contribution is 0.0927. The first-order valence-electron chi connectivity index (χ1n) is 6.56. The summed E-state index contributed by atoms with van der Waals surface area (Å²) in [5.74, 6) is 0.290. The van der Waals surface area contributed by atoms with Crippen LogP contribution in [-0.4, -0.2) is 26.0 Å². The number of amides is 1. The number of benzene rings is 1. The van der Waals surface area contributed by atoms with Gasteiger partial charge in [-0.1, -0.05) is 18.2 Å². The zero-order valence-corrected chi connectivity index (χ0v) is 12.9. The molecule has 0 atom stereocenters. The fourth-order valence-corrected chi connectivity index (χ4v) is 2.15. The van der Waals surface area contributed by atoms with E-state index in [0.717, 1.165) is 35.1 Å². The van der Waals surface area contributed by atoms with Gasteiger partial charge in [0.15, 0.2) is 5.76 Å². The molecule has 0 aliphatic heterocycles. The molecule has 0 saturated carbocycles. The zero-order valence-electron chi connectivity index (χ0n) is 12.1. The minimum absolute atomic E-state index is 0. The van der Waals surface area contributed by atoms with Crippen LogP contribution in [0.1, 0.15) is 28.1 Å². The van der Waals surface area contributed by atoms with Crippen LogP contribution < -0.4 is 10.6 Å². The number of carbonyl (C=O) groups excluding carboxylic acids is 1. The van der Waals surface area contributed by atoms with Crippen molar-refractivity contribution in [3.05, 3.63) is 35.1 Å². The molecular formula is C15H21ClN2O2. The fraction of sp³-hybridized carbons (Fsp3) is 0.400. The maximum atomic E-state index is 12.1. The van der Waals surface area contributed by atoms with Gasteiger partial charge >= 0.3 is 0 Å². The maximum absolute atomic E-state index is 12.1. The molecule has 1 aromatic carbocycles. The maximum Gasteiger partial charge on any atom is 0.287 e. The third-order valence-corrected chi connectivity index (χ3v) is 3.26. The van der Waals surface area contributed by atoms with Crippen molar-refractivity contribution in [3.63, 3.8) is 0 Å². The molecule has 0 saturated heterocycles. The first-order chi connectivity index (χ1) is 9.15. The molecule has 2 aromatic rings. The van der Waals surface area contributed by atoms with E-state index in [1.807, 2.05) is 39.1 Å². The van der Waals surface area contributed by atoms with E-state index in [-0.39, 0.29) is 18.3 Å². The number of halogens is 1. The number of hydrogen-bond donors (Lipinski definition) is 2. The lowest BCUT2D eigenvalue weighted by atomic mass is 10.1. The summed E-state index contributed by atoms with van der Waals surface area (Å²) in [4.78, 5) is 12.1. The number of rotatable bonds is 5. The lowest BCUT2D eigenvalue weighted by Gasteiger charge is -2.03. The molecule has 0 radical (unpaired) electrons. The molecule has 1 amide bonds. The normalized spacial score (nSPS) is 10.3. The van der Waals surface area contributed by atoms with Gasteiger partial charge in [-0.15, -0.1) is 12.4 Å². The second-order valence-corrected chi connectivity index (χ2v) is 4.72. The topological polar surface area (TPSA) is 54.3 Å². The summed E-state index contributed by atoms with van der Waals surface area (Å²) in [5, 5.41) is 6.94. The van der Waals surface area contributed by atoms with Crippen molar-refractivity contribution in [2.24, 2.45) is 0 Å². The first kappa shape index (κ1) is 16.5. The van der Waals surface area contributed by atoms with Crippen LogP contribution in [0.2, 0.25) is 0 Å². The van der Waals surface area contributed by atoms with E-state index in [0.29, 0.717) is 12.3 Å². The minimum Gasteiger partial charge on any atom is -0.450 e. The largest absolute Gasteiger partial charge is 0.450 e. The van der Waals surface area contributed by atoms with E-state index in [4.69, 9.17) is 4.42 Å². The van der Waals surface area contributed by atoms with Gasteiger partial charge in [0.05, 0.1) is 0 Å². The number of furan rings is 1. The Hall–Kier alpha value is -1.52. The number of carbonyl (C=O) groups is 1. The standard InChI is InChI=1S/C15H20N2O2.ClH/c1-10-6-4-7-12-11(2)14(19-13(10)12)15(18)17-9-5-8-16-3;/h4,6-7,16H,5,8-9H2,1-3H3,(H,17,18);1H. The minimum atomic E-state index is -0.135. The van der Waals surface area contributed by atoms with Gasteiger partial charge in [0.2, 0.25) is 0 Å². The molecule has 0 aliphatic carbocycles. The highest BCUT2D eigenvalue weighted by Crippen LogP contribution is 2.27. The molecule has 0 spiro atoms. The summed E-state index contributed by atoms with van der Waals surface area (Å²) in [6, 6.07) is 5.95. The molecule has 0 unspecified atom stereocenters. The molecule has 0 fully saturated rings. The first-order valence-corrected chi connectivity index (χ1v) is 6.56. The SMILES string of the molecule is CNCCCNC(=O)c1oc2c(C)cccc2c1C.Cl. The van der Waals surface area contributed by atoms with Gasteiger partial charge in [0, 0.05) is 17.5 Å². The van der Waals surface area contributed by atoms with Crippen molar-refractivity contribution in [2.75, 3.05) is 20.1 Å². The van der Waals surface area contributed by atoms with Crippen LogP contribution in [0.15, 0.2) is 22.6 Å². The molecule has 4 nitrogen and oxygen atoms in total. The van der Waals surface area contributed by atoms with Crippen LogP contribution in [0.4, 0.5) is 0 Å². The zero-order chi connectivity index (χ0) is 13.8. The highest BCUT2D eigenvalue weighted by Gasteiger charge is 2.17. The van der Waals surface area contributed by atoms with Crippen LogP contribution in [0, 0.1) is 13.8 Å².